The van der Waals surface area contributed by atoms with Gasteiger partial charge in [-0.1, -0.05) is 5.16 Å². The van der Waals surface area contributed by atoms with E-state index in [0.29, 0.717) is 5.41 Å². The van der Waals surface area contributed by atoms with E-state index in [1.165, 1.54) is 32.5 Å². The lowest BCUT2D eigenvalue weighted by Gasteiger charge is -2.18. The first kappa shape index (κ1) is 7.10. The molecule has 2 bridgehead atoms. The summed E-state index contributed by atoms with van der Waals surface area (Å²) in [4.78, 5) is 7.19. The van der Waals surface area contributed by atoms with Crippen molar-refractivity contribution in [1.82, 2.24) is 4.90 Å². The summed E-state index contributed by atoms with van der Waals surface area (Å²) >= 11 is 0. The summed E-state index contributed by atoms with van der Waals surface area (Å²) in [6, 6.07) is 0. The molecule has 2 saturated heterocycles. The molecule has 3 nitrogen and oxygen atoms in total. The zero-order chi connectivity index (χ0) is 7.73. The van der Waals surface area contributed by atoms with Crippen LogP contribution in [0.2, 0.25) is 0 Å². The molecule has 0 aromatic rings. The van der Waals surface area contributed by atoms with Crippen molar-refractivity contribution in [2.24, 2.45) is 10.6 Å². The maximum absolute atomic E-state index is 4.70. The minimum Gasteiger partial charge on any atom is -0.399 e. The summed E-state index contributed by atoms with van der Waals surface area (Å²) in [6.45, 7) is 3.69. The van der Waals surface area contributed by atoms with Gasteiger partial charge in [-0.15, -0.1) is 0 Å². The Kier molecular flexibility index (Phi) is 1.60. The van der Waals surface area contributed by atoms with E-state index in [1.54, 1.807) is 7.11 Å². The van der Waals surface area contributed by atoms with E-state index in [9.17, 15) is 0 Å². The predicted octanol–water partition coefficient (Wildman–Crippen LogP) is 0.714. The Hall–Kier alpha value is -0.570. The fourth-order valence-electron chi connectivity index (χ4n) is 2.09. The van der Waals surface area contributed by atoms with Gasteiger partial charge >= 0.3 is 0 Å². The number of piperidine rings is 1. The van der Waals surface area contributed by atoms with Gasteiger partial charge in [0.2, 0.25) is 0 Å². The maximum Gasteiger partial charge on any atom is 0.106 e. The molecule has 0 N–H and O–H groups in total. The molecule has 2 rings (SSSR count). The highest BCUT2D eigenvalue weighted by atomic mass is 16.6. The molecule has 0 unspecified atom stereocenters. The Balaban J connectivity index is 2.04. The summed E-state index contributed by atoms with van der Waals surface area (Å²) in [7, 11) is 1.61. The summed E-state index contributed by atoms with van der Waals surface area (Å²) in [5.41, 5.74) is 0.371. The third-order valence-electron chi connectivity index (χ3n) is 2.82. The van der Waals surface area contributed by atoms with Crippen molar-refractivity contribution >= 4 is 6.21 Å². The second-order valence-electron chi connectivity index (χ2n) is 3.56. The molecule has 2 fully saturated rings. The molecule has 0 spiro atoms. The molecule has 0 aliphatic carbocycles. The molecule has 0 aromatic heterocycles. The van der Waals surface area contributed by atoms with Crippen LogP contribution >= 0.6 is 0 Å². The fraction of sp³-hybridized carbons (Fsp3) is 0.875. The summed E-state index contributed by atoms with van der Waals surface area (Å²) in [5.74, 6) is 0. The SMILES string of the molecule is CO/N=C/C12CCN(CC1)C2. The van der Waals surface area contributed by atoms with Gasteiger partial charge in [0.25, 0.3) is 0 Å². The minimum absolute atomic E-state index is 0.371. The van der Waals surface area contributed by atoms with Gasteiger partial charge in [-0.2, -0.15) is 0 Å². The van der Waals surface area contributed by atoms with Crippen molar-refractivity contribution in [3.8, 4) is 0 Å². The van der Waals surface area contributed by atoms with E-state index in [-0.39, 0.29) is 0 Å². The molecule has 0 atom stereocenters. The highest BCUT2D eigenvalue weighted by molar-refractivity contribution is 5.66. The molecular weight excluding hydrogens is 140 g/mol. The van der Waals surface area contributed by atoms with Gasteiger partial charge in [0, 0.05) is 12.0 Å². The number of oxime groups is 1. The molecular formula is C8H14N2O. The van der Waals surface area contributed by atoms with Crippen LogP contribution < -0.4 is 0 Å². The van der Waals surface area contributed by atoms with Crippen molar-refractivity contribution in [2.45, 2.75) is 12.8 Å². The van der Waals surface area contributed by atoms with Gasteiger partial charge < -0.3 is 9.74 Å². The van der Waals surface area contributed by atoms with Crippen molar-refractivity contribution in [2.75, 3.05) is 26.7 Å². The Morgan fingerprint density at radius 3 is 2.64 bits per heavy atom. The van der Waals surface area contributed by atoms with E-state index in [0.717, 1.165) is 0 Å². The molecule has 2 aliphatic rings. The van der Waals surface area contributed by atoms with Crippen molar-refractivity contribution in [3.63, 3.8) is 0 Å². The van der Waals surface area contributed by atoms with Gasteiger partial charge in [0.05, 0.1) is 6.21 Å². The van der Waals surface area contributed by atoms with E-state index in [1.807, 2.05) is 6.21 Å². The van der Waals surface area contributed by atoms with Crippen LogP contribution in [0.15, 0.2) is 5.16 Å². The highest BCUT2D eigenvalue weighted by Gasteiger charge is 2.42. The topological polar surface area (TPSA) is 24.8 Å². The average molecular weight is 154 g/mol. The van der Waals surface area contributed by atoms with E-state index in [4.69, 9.17) is 4.84 Å². The normalized spacial score (nSPS) is 42.1. The van der Waals surface area contributed by atoms with Crippen LogP contribution in [0, 0.1) is 5.41 Å². The van der Waals surface area contributed by atoms with E-state index in [2.05, 4.69) is 10.1 Å². The molecule has 11 heavy (non-hydrogen) atoms. The van der Waals surface area contributed by atoms with Crippen LogP contribution in [0.3, 0.4) is 0 Å². The molecule has 2 aliphatic heterocycles. The first-order valence-corrected chi connectivity index (χ1v) is 4.15. The molecule has 0 aromatic carbocycles. The lowest BCUT2D eigenvalue weighted by molar-refractivity contribution is 0.210. The second-order valence-corrected chi connectivity index (χ2v) is 3.56. The van der Waals surface area contributed by atoms with Crippen molar-refractivity contribution < 1.29 is 4.84 Å². The van der Waals surface area contributed by atoms with Gasteiger partial charge in [0.15, 0.2) is 0 Å². The second kappa shape index (κ2) is 2.48. The zero-order valence-corrected chi connectivity index (χ0v) is 6.92. The van der Waals surface area contributed by atoms with Gasteiger partial charge in [0.1, 0.15) is 7.11 Å². The van der Waals surface area contributed by atoms with Crippen LogP contribution in [0.5, 0.6) is 0 Å². The van der Waals surface area contributed by atoms with Crippen LogP contribution in [-0.2, 0) is 4.84 Å². The monoisotopic (exact) mass is 154 g/mol. The van der Waals surface area contributed by atoms with Crippen LogP contribution in [0.1, 0.15) is 12.8 Å². The van der Waals surface area contributed by atoms with E-state index < -0.39 is 0 Å². The molecule has 2 heterocycles. The highest BCUT2D eigenvalue weighted by Crippen LogP contribution is 2.38. The van der Waals surface area contributed by atoms with Crippen molar-refractivity contribution in [1.29, 1.82) is 0 Å². The Morgan fingerprint density at radius 2 is 2.18 bits per heavy atom. The number of fused-ring (bicyclic) bond motifs is 2. The standard InChI is InChI=1S/C8H14N2O/c1-11-9-6-8-2-4-10(7-8)5-3-8/h6H,2-5,7H2,1H3/b9-6+. The zero-order valence-electron chi connectivity index (χ0n) is 6.92. The largest absolute Gasteiger partial charge is 0.399 e. The first-order valence-electron chi connectivity index (χ1n) is 4.15. The predicted molar refractivity (Wildman–Crippen MR) is 43.6 cm³/mol. The Morgan fingerprint density at radius 1 is 1.45 bits per heavy atom. The summed E-state index contributed by atoms with van der Waals surface area (Å²) < 4.78 is 0. The third kappa shape index (κ3) is 1.13. The Bertz CT molecular complexity index is 171. The van der Waals surface area contributed by atoms with Crippen LogP contribution in [0.25, 0.3) is 0 Å². The van der Waals surface area contributed by atoms with Gasteiger partial charge in [-0.25, -0.2) is 0 Å². The molecule has 0 saturated carbocycles. The number of hydrogen-bond acceptors (Lipinski definition) is 3. The summed E-state index contributed by atoms with van der Waals surface area (Å²) in [6.07, 6.45) is 4.53. The molecule has 3 heteroatoms. The number of rotatable bonds is 2. The molecule has 0 radical (unpaired) electrons. The average Bonchev–Trinajstić information content (AvgIpc) is 2.60. The Labute approximate surface area is 67.0 Å². The van der Waals surface area contributed by atoms with Gasteiger partial charge in [-0.3, -0.25) is 0 Å². The van der Waals surface area contributed by atoms with Crippen molar-refractivity contribution in [3.05, 3.63) is 0 Å². The first-order chi connectivity index (χ1) is 5.35. The third-order valence-corrected chi connectivity index (χ3v) is 2.82. The van der Waals surface area contributed by atoms with Gasteiger partial charge in [-0.05, 0) is 25.9 Å². The minimum atomic E-state index is 0.371. The quantitative estimate of drug-likeness (QED) is 0.432. The lowest BCUT2D eigenvalue weighted by Crippen LogP contribution is -2.20. The molecule has 0 amide bonds. The maximum atomic E-state index is 4.70. The molecule has 62 valence electrons. The van der Waals surface area contributed by atoms with Crippen LogP contribution in [-0.4, -0.2) is 37.9 Å². The fourth-order valence-corrected chi connectivity index (χ4v) is 2.09. The summed E-state index contributed by atoms with van der Waals surface area (Å²) in [5, 5.41) is 3.87. The number of hydrogen-bond donors (Lipinski definition) is 0. The van der Waals surface area contributed by atoms with E-state index >= 15 is 0 Å². The smallest absolute Gasteiger partial charge is 0.106 e. The number of nitrogens with zero attached hydrogens (tertiary/aromatic N) is 2. The van der Waals surface area contributed by atoms with Crippen LogP contribution in [0.4, 0.5) is 0 Å². The lowest BCUT2D eigenvalue weighted by atomic mass is 9.86.